The van der Waals surface area contributed by atoms with E-state index in [9.17, 15) is 0 Å². The van der Waals surface area contributed by atoms with Gasteiger partial charge in [-0.1, -0.05) is 57.9 Å². The second kappa shape index (κ2) is 5.14. The summed E-state index contributed by atoms with van der Waals surface area (Å²) in [5, 5.41) is 0. The second-order valence-electron chi connectivity index (χ2n) is 8.53. The maximum Gasteiger partial charge on any atom is -0.0105 e. The largest absolute Gasteiger partial charge is 0.103 e. The number of fused-ring (bicyclic) bond motifs is 3. The molecule has 0 nitrogen and oxygen atoms in total. The standard InChI is InChI=1S/C21H32/c1-6-20(4)12-7-13-21(5)18-10-8-16(15(2)3)14-17(18)9-11-19(20)21/h6,9,14-15,18-19H,1,7-8,10-13H2,2-5H3. The molecule has 3 aliphatic rings. The lowest BCUT2D eigenvalue weighted by Crippen LogP contribution is -2.49. The molecule has 0 aliphatic heterocycles. The van der Waals surface area contributed by atoms with E-state index in [1.165, 1.54) is 38.5 Å². The van der Waals surface area contributed by atoms with Crippen LogP contribution >= 0.6 is 0 Å². The Labute approximate surface area is 131 Å². The van der Waals surface area contributed by atoms with Gasteiger partial charge in [0.05, 0.1) is 0 Å². The Bertz CT molecular complexity index is 492. The van der Waals surface area contributed by atoms with Crippen molar-refractivity contribution in [1.82, 2.24) is 0 Å². The SMILES string of the molecule is C=CC1(C)CCCC2(C)C3CCC(C(C)C)=CC3=CCC12. The highest BCUT2D eigenvalue weighted by molar-refractivity contribution is 5.35. The molecule has 0 saturated heterocycles. The topological polar surface area (TPSA) is 0 Å². The molecule has 0 radical (unpaired) electrons. The normalized spacial score (nSPS) is 42.7. The summed E-state index contributed by atoms with van der Waals surface area (Å²) in [5.41, 5.74) is 4.17. The molecule has 0 aromatic carbocycles. The van der Waals surface area contributed by atoms with Crippen LogP contribution in [0.3, 0.4) is 0 Å². The smallest absolute Gasteiger partial charge is 0.0105 e. The predicted molar refractivity (Wildman–Crippen MR) is 92.1 cm³/mol. The van der Waals surface area contributed by atoms with Gasteiger partial charge in [0, 0.05) is 0 Å². The first-order valence-electron chi connectivity index (χ1n) is 8.95. The van der Waals surface area contributed by atoms with Crippen LogP contribution in [0.5, 0.6) is 0 Å². The van der Waals surface area contributed by atoms with E-state index in [0.717, 1.165) is 11.8 Å². The molecule has 4 unspecified atom stereocenters. The first-order valence-corrected chi connectivity index (χ1v) is 8.95. The van der Waals surface area contributed by atoms with Gasteiger partial charge in [-0.15, -0.1) is 6.58 Å². The van der Waals surface area contributed by atoms with E-state index in [1.807, 2.05) is 0 Å². The molecule has 0 heteroatoms. The van der Waals surface area contributed by atoms with Gasteiger partial charge >= 0.3 is 0 Å². The monoisotopic (exact) mass is 284 g/mol. The highest BCUT2D eigenvalue weighted by atomic mass is 14.6. The third-order valence-corrected chi connectivity index (χ3v) is 7.09. The molecule has 0 aromatic heterocycles. The van der Waals surface area contributed by atoms with Crippen LogP contribution in [0.15, 0.2) is 36.0 Å². The molecule has 4 atom stereocenters. The zero-order chi connectivity index (χ0) is 15.3. The summed E-state index contributed by atoms with van der Waals surface area (Å²) in [5.74, 6) is 2.29. The van der Waals surface area contributed by atoms with Gasteiger partial charge in [-0.05, 0) is 66.3 Å². The third kappa shape index (κ3) is 2.26. The Morgan fingerprint density at radius 2 is 2.05 bits per heavy atom. The zero-order valence-electron chi connectivity index (χ0n) is 14.4. The van der Waals surface area contributed by atoms with Crippen LogP contribution in [0, 0.1) is 28.6 Å². The summed E-state index contributed by atoms with van der Waals surface area (Å²) in [6, 6.07) is 0. The van der Waals surface area contributed by atoms with Gasteiger partial charge in [0.15, 0.2) is 0 Å². The van der Waals surface area contributed by atoms with Crippen molar-refractivity contribution >= 4 is 0 Å². The van der Waals surface area contributed by atoms with Crippen molar-refractivity contribution in [3.63, 3.8) is 0 Å². The number of hydrogen-bond acceptors (Lipinski definition) is 0. The maximum atomic E-state index is 4.18. The van der Waals surface area contributed by atoms with E-state index < -0.39 is 0 Å². The summed E-state index contributed by atoms with van der Waals surface area (Å²) in [4.78, 5) is 0. The lowest BCUT2D eigenvalue weighted by Gasteiger charge is -2.57. The molecule has 3 aliphatic carbocycles. The molecule has 0 spiro atoms. The van der Waals surface area contributed by atoms with Crippen molar-refractivity contribution in [3.05, 3.63) is 36.0 Å². The van der Waals surface area contributed by atoms with Crippen LogP contribution in [0.4, 0.5) is 0 Å². The summed E-state index contributed by atoms with van der Waals surface area (Å²) >= 11 is 0. The van der Waals surface area contributed by atoms with Gasteiger partial charge < -0.3 is 0 Å². The Kier molecular flexibility index (Phi) is 3.71. The first-order chi connectivity index (χ1) is 9.90. The molecule has 0 bridgehead atoms. The minimum atomic E-state index is 0.344. The van der Waals surface area contributed by atoms with Gasteiger partial charge in [0.1, 0.15) is 0 Å². The van der Waals surface area contributed by atoms with E-state index >= 15 is 0 Å². The lowest BCUT2D eigenvalue weighted by atomic mass is 9.47. The Balaban J connectivity index is 1.99. The second-order valence-corrected chi connectivity index (χ2v) is 8.53. The Hall–Kier alpha value is -0.780. The summed E-state index contributed by atoms with van der Waals surface area (Å²) in [7, 11) is 0. The maximum absolute atomic E-state index is 4.18. The minimum absolute atomic E-state index is 0.344. The first kappa shape index (κ1) is 15.1. The summed E-state index contributed by atoms with van der Waals surface area (Å²) in [6.07, 6.45) is 15.5. The average Bonchev–Trinajstić information content (AvgIpc) is 2.46. The van der Waals surface area contributed by atoms with Crippen molar-refractivity contribution in [2.24, 2.45) is 28.6 Å². The van der Waals surface area contributed by atoms with Crippen molar-refractivity contribution < 1.29 is 0 Å². The van der Waals surface area contributed by atoms with Crippen molar-refractivity contribution in [2.45, 2.75) is 66.2 Å². The van der Waals surface area contributed by atoms with Gasteiger partial charge in [-0.3, -0.25) is 0 Å². The van der Waals surface area contributed by atoms with Crippen LogP contribution in [0.1, 0.15) is 66.2 Å². The van der Waals surface area contributed by atoms with Crippen LogP contribution in [0.2, 0.25) is 0 Å². The average molecular weight is 284 g/mol. The summed E-state index contributed by atoms with van der Waals surface area (Å²) in [6.45, 7) is 13.9. The van der Waals surface area contributed by atoms with E-state index in [2.05, 4.69) is 52.5 Å². The highest BCUT2D eigenvalue weighted by Gasteiger charge is 2.53. The van der Waals surface area contributed by atoms with E-state index in [-0.39, 0.29) is 0 Å². The van der Waals surface area contributed by atoms with E-state index in [0.29, 0.717) is 16.7 Å². The molecular formula is C21H32. The van der Waals surface area contributed by atoms with Crippen LogP contribution in [0.25, 0.3) is 0 Å². The molecule has 0 amide bonds. The molecule has 116 valence electrons. The highest BCUT2D eigenvalue weighted by Crippen LogP contribution is 2.62. The van der Waals surface area contributed by atoms with Crippen molar-refractivity contribution in [1.29, 1.82) is 0 Å². The number of rotatable bonds is 2. The van der Waals surface area contributed by atoms with Gasteiger partial charge in [0.25, 0.3) is 0 Å². The number of allylic oxidation sites excluding steroid dienone is 5. The fourth-order valence-electron chi connectivity index (χ4n) is 5.64. The quantitative estimate of drug-likeness (QED) is 0.521. The fraction of sp³-hybridized carbons (Fsp3) is 0.714. The van der Waals surface area contributed by atoms with Crippen LogP contribution in [-0.4, -0.2) is 0 Å². The van der Waals surface area contributed by atoms with Crippen molar-refractivity contribution in [3.8, 4) is 0 Å². The Morgan fingerprint density at radius 1 is 1.29 bits per heavy atom. The van der Waals surface area contributed by atoms with Crippen LogP contribution < -0.4 is 0 Å². The fourth-order valence-corrected chi connectivity index (χ4v) is 5.64. The molecule has 3 rings (SSSR count). The number of hydrogen-bond donors (Lipinski definition) is 0. The van der Waals surface area contributed by atoms with E-state index in [4.69, 9.17) is 0 Å². The van der Waals surface area contributed by atoms with Crippen molar-refractivity contribution in [2.75, 3.05) is 0 Å². The molecule has 1 fully saturated rings. The van der Waals surface area contributed by atoms with Crippen LogP contribution in [-0.2, 0) is 0 Å². The minimum Gasteiger partial charge on any atom is -0.103 e. The van der Waals surface area contributed by atoms with E-state index in [1.54, 1.807) is 11.1 Å². The lowest BCUT2D eigenvalue weighted by molar-refractivity contribution is -0.0240. The van der Waals surface area contributed by atoms with Gasteiger partial charge in [-0.2, -0.15) is 0 Å². The third-order valence-electron chi connectivity index (χ3n) is 7.09. The molecule has 21 heavy (non-hydrogen) atoms. The summed E-state index contributed by atoms with van der Waals surface area (Å²) < 4.78 is 0. The molecule has 0 heterocycles. The molecular weight excluding hydrogens is 252 g/mol. The predicted octanol–water partition coefficient (Wildman–Crippen LogP) is 6.31. The van der Waals surface area contributed by atoms with Gasteiger partial charge in [-0.25, -0.2) is 0 Å². The molecule has 0 aromatic rings. The Morgan fingerprint density at radius 3 is 2.71 bits per heavy atom. The molecule has 1 saturated carbocycles. The van der Waals surface area contributed by atoms with Gasteiger partial charge in [0.2, 0.25) is 0 Å². The molecule has 0 N–H and O–H groups in total. The zero-order valence-corrected chi connectivity index (χ0v) is 14.4.